The molecule has 3 rings (SSSR count). The van der Waals surface area contributed by atoms with Crippen molar-refractivity contribution in [1.82, 2.24) is 15.5 Å². The third kappa shape index (κ3) is 3.36. The lowest BCUT2D eigenvalue weighted by atomic mass is 9.98. The highest BCUT2D eigenvalue weighted by Gasteiger charge is 2.21. The molecule has 0 bridgehead atoms. The van der Waals surface area contributed by atoms with Crippen LogP contribution in [0.25, 0.3) is 0 Å². The van der Waals surface area contributed by atoms with Gasteiger partial charge in [0, 0.05) is 12.3 Å². The van der Waals surface area contributed by atoms with Gasteiger partial charge < -0.3 is 14.6 Å². The molecule has 1 N–H and O–H groups in total. The fourth-order valence-electron chi connectivity index (χ4n) is 2.38. The van der Waals surface area contributed by atoms with E-state index >= 15 is 0 Å². The maximum absolute atomic E-state index is 5.63. The van der Waals surface area contributed by atoms with Gasteiger partial charge in [0.25, 0.3) is 0 Å². The van der Waals surface area contributed by atoms with Gasteiger partial charge in [-0.05, 0) is 38.1 Å². The number of para-hydroxylation sites is 1. The largest absolute Gasteiger partial charge is 0.493 e. The van der Waals surface area contributed by atoms with Crippen molar-refractivity contribution in [3.05, 3.63) is 42.0 Å². The summed E-state index contributed by atoms with van der Waals surface area (Å²) < 4.78 is 11.0. The molecule has 0 amide bonds. The standard InChI is InChI=1S/C15H19N3O2/c1-2-4-13(5-3-1)19-11-8-14-17-15(20-18-14)12-6-9-16-10-7-12/h1-5,12,16H,6-11H2. The summed E-state index contributed by atoms with van der Waals surface area (Å²) >= 11 is 0. The summed E-state index contributed by atoms with van der Waals surface area (Å²) in [5.41, 5.74) is 0. The topological polar surface area (TPSA) is 60.2 Å². The number of benzene rings is 1. The molecular weight excluding hydrogens is 254 g/mol. The molecule has 1 aliphatic heterocycles. The zero-order valence-corrected chi connectivity index (χ0v) is 11.4. The van der Waals surface area contributed by atoms with E-state index < -0.39 is 0 Å². The third-order valence-corrected chi connectivity index (χ3v) is 3.51. The Bertz CT molecular complexity index is 521. The summed E-state index contributed by atoms with van der Waals surface area (Å²) in [6.07, 6.45) is 2.81. The van der Waals surface area contributed by atoms with Gasteiger partial charge >= 0.3 is 0 Å². The summed E-state index contributed by atoms with van der Waals surface area (Å²) in [5, 5.41) is 7.37. The maximum Gasteiger partial charge on any atom is 0.229 e. The summed E-state index contributed by atoms with van der Waals surface area (Å²) in [5.74, 6) is 2.79. The molecule has 0 atom stereocenters. The van der Waals surface area contributed by atoms with E-state index in [-0.39, 0.29) is 0 Å². The monoisotopic (exact) mass is 273 g/mol. The SMILES string of the molecule is c1ccc(OCCc2noc(C3CCNCC3)n2)cc1. The molecule has 106 valence electrons. The van der Waals surface area contributed by atoms with E-state index in [2.05, 4.69) is 15.5 Å². The van der Waals surface area contributed by atoms with Gasteiger partial charge in [-0.1, -0.05) is 23.4 Å². The van der Waals surface area contributed by atoms with Crippen LogP contribution in [-0.4, -0.2) is 29.8 Å². The number of nitrogens with one attached hydrogen (secondary N) is 1. The van der Waals surface area contributed by atoms with Crippen molar-refractivity contribution in [2.75, 3.05) is 19.7 Å². The van der Waals surface area contributed by atoms with E-state index in [0.717, 1.165) is 43.4 Å². The maximum atomic E-state index is 5.63. The smallest absolute Gasteiger partial charge is 0.229 e. The molecule has 0 aliphatic carbocycles. The fourth-order valence-corrected chi connectivity index (χ4v) is 2.38. The molecule has 0 spiro atoms. The number of ether oxygens (including phenoxy) is 1. The molecule has 1 aromatic heterocycles. The van der Waals surface area contributed by atoms with E-state index in [1.807, 2.05) is 30.3 Å². The van der Waals surface area contributed by atoms with E-state index in [9.17, 15) is 0 Å². The van der Waals surface area contributed by atoms with Crippen LogP contribution in [0.15, 0.2) is 34.9 Å². The molecule has 20 heavy (non-hydrogen) atoms. The molecule has 2 aromatic rings. The number of hydrogen-bond donors (Lipinski definition) is 1. The number of nitrogens with zero attached hydrogens (tertiary/aromatic N) is 2. The van der Waals surface area contributed by atoms with Crippen LogP contribution in [-0.2, 0) is 6.42 Å². The normalized spacial score (nSPS) is 16.2. The van der Waals surface area contributed by atoms with Crippen LogP contribution in [0.2, 0.25) is 0 Å². The van der Waals surface area contributed by atoms with Crippen LogP contribution >= 0.6 is 0 Å². The second-order valence-electron chi connectivity index (χ2n) is 4.98. The summed E-state index contributed by atoms with van der Waals surface area (Å²) in [4.78, 5) is 4.48. The van der Waals surface area contributed by atoms with Crippen LogP contribution in [0.1, 0.15) is 30.5 Å². The molecule has 5 heteroatoms. The van der Waals surface area contributed by atoms with Crippen LogP contribution in [0.4, 0.5) is 0 Å². The highest BCUT2D eigenvalue weighted by molar-refractivity contribution is 5.20. The zero-order chi connectivity index (χ0) is 13.6. The fraction of sp³-hybridized carbons (Fsp3) is 0.467. The molecule has 5 nitrogen and oxygen atoms in total. The Balaban J connectivity index is 1.50. The Labute approximate surface area is 118 Å². The van der Waals surface area contributed by atoms with Gasteiger partial charge in [0.2, 0.25) is 5.89 Å². The second-order valence-corrected chi connectivity index (χ2v) is 4.98. The van der Waals surface area contributed by atoms with Gasteiger partial charge in [0.15, 0.2) is 5.82 Å². The van der Waals surface area contributed by atoms with Gasteiger partial charge in [-0.15, -0.1) is 0 Å². The summed E-state index contributed by atoms with van der Waals surface area (Å²) in [7, 11) is 0. The number of aromatic nitrogens is 2. The van der Waals surface area contributed by atoms with Crippen molar-refractivity contribution >= 4 is 0 Å². The Morgan fingerprint density at radius 3 is 2.80 bits per heavy atom. The van der Waals surface area contributed by atoms with Gasteiger partial charge in [-0.25, -0.2) is 0 Å². The van der Waals surface area contributed by atoms with Gasteiger partial charge in [-0.2, -0.15) is 4.98 Å². The second kappa shape index (κ2) is 6.52. The molecule has 1 aliphatic rings. The van der Waals surface area contributed by atoms with Crippen molar-refractivity contribution in [3.8, 4) is 5.75 Å². The average molecular weight is 273 g/mol. The lowest BCUT2D eigenvalue weighted by molar-refractivity contribution is 0.306. The quantitative estimate of drug-likeness (QED) is 0.904. The minimum atomic E-state index is 0.410. The van der Waals surface area contributed by atoms with Gasteiger partial charge in [0.05, 0.1) is 6.61 Å². The molecule has 1 aromatic carbocycles. The molecule has 0 saturated carbocycles. The Morgan fingerprint density at radius 1 is 1.20 bits per heavy atom. The molecular formula is C15H19N3O2. The predicted molar refractivity (Wildman–Crippen MR) is 74.8 cm³/mol. The first-order valence-corrected chi connectivity index (χ1v) is 7.13. The first-order valence-electron chi connectivity index (χ1n) is 7.13. The Morgan fingerprint density at radius 2 is 2.00 bits per heavy atom. The number of piperidine rings is 1. The van der Waals surface area contributed by atoms with Crippen molar-refractivity contribution < 1.29 is 9.26 Å². The molecule has 0 unspecified atom stereocenters. The third-order valence-electron chi connectivity index (χ3n) is 3.51. The number of rotatable bonds is 5. The molecule has 1 fully saturated rings. The molecule has 2 heterocycles. The van der Waals surface area contributed by atoms with Crippen molar-refractivity contribution in [2.45, 2.75) is 25.2 Å². The molecule has 1 saturated heterocycles. The zero-order valence-electron chi connectivity index (χ0n) is 11.4. The average Bonchev–Trinajstić information content (AvgIpc) is 2.98. The van der Waals surface area contributed by atoms with Crippen molar-refractivity contribution in [1.29, 1.82) is 0 Å². The summed E-state index contributed by atoms with van der Waals surface area (Å²) in [6, 6.07) is 9.77. The van der Waals surface area contributed by atoms with Gasteiger partial charge in [-0.3, -0.25) is 0 Å². The van der Waals surface area contributed by atoms with E-state index in [4.69, 9.17) is 9.26 Å². The van der Waals surface area contributed by atoms with Crippen molar-refractivity contribution in [2.24, 2.45) is 0 Å². The van der Waals surface area contributed by atoms with Crippen LogP contribution in [0.3, 0.4) is 0 Å². The highest BCUT2D eigenvalue weighted by Crippen LogP contribution is 2.23. The lowest BCUT2D eigenvalue weighted by Crippen LogP contribution is -2.26. The van der Waals surface area contributed by atoms with Crippen LogP contribution in [0.5, 0.6) is 5.75 Å². The minimum Gasteiger partial charge on any atom is -0.493 e. The Hall–Kier alpha value is -1.88. The predicted octanol–water partition coefficient (Wildman–Crippen LogP) is 2.16. The van der Waals surface area contributed by atoms with E-state index in [0.29, 0.717) is 18.9 Å². The van der Waals surface area contributed by atoms with E-state index in [1.165, 1.54) is 0 Å². The first kappa shape index (κ1) is 13.1. The Kier molecular flexibility index (Phi) is 4.28. The lowest BCUT2D eigenvalue weighted by Gasteiger charge is -2.18. The molecule has 0 radical (unpaired) electrons. The highest BCUT2D eigenvalue weighted by atomic mass is 16.5. The van der Waals surface area contributed by atoms with Crippen LogP contribution in [0, 0.1) is 0 Å². The minimum absolute atomic E-state index is 0.410. The van der Waals surface area contributed by atoms with E-state index in [1.54, 1.807) is 0 Å². The van der Waals surface area contributed by atoms with Crippen LogP contribution < -0.4 is 10.1 Å². The first-order chi connectivity index (χ1) is 9.92. The van der Waals surface area contributed by atoms with Crippen molar-refractivity contribution in [3.63, 3.8) is 0 Å². The number of hydrogen-bond acceptors (Lipinski definition) is 5. The van der Waals surface area contributed by atoms with Gasteiger partial charge in [0.1, 0.15) is 5.75 Å². The summed E-state index contributed by atoms with van der Waals surface area (Å²) in [6.45, 7) is 2.62.